The van der Waals surface area contributed by atoms with E-state index in [4.69, 9.17) is 15.2 Å². The molecule has 8 heteroatoms. The molecule has 0 aromatic heterocycles. The molecule has 0 aliphatic heterocycles. The summed E-state index contributed by atoms with van der Waals surface area (Å²) in [6, 6.07) is 3.48. The van der Waals surface area contributed by atoms with Crippen molar-refractivity contribution in [1.29, 1.82) is 0 Å². The van der Waals surface area contributed by atoms with Crippen molar-refractivity contribution in [2.24, 2.45) is 23.5 Å². The SMILES string of the molecule is COc1cc(NC(=O)C2CC3CCCC(C2)C3N)c(C(=O)N(C)C)cc1OC.Cl. The number of nitrogens with one attached hydrogen (secondary N) is 1. The molecule has 29 heavy (non-hydrogen) atoms. The maximum Gasteiger partial charge on any atom is 0.255 e. The zero-order valence-corrected chi connectivity index (χ0v) is 18.4. The Morgan fingerprint density at radius 2 is 1.62 bits per heavy atom. The van der Waals surface area contributed by atoms with E-state index in [1.165, 1.54) is 25.5 Å². The summed E-state index contributed by atoms with van der Waals surface area (Å²) in [5, 5.41) is 2.98. The van der Waals surface area contributed by atoms with Crippen LogP contribution >= 0.6 is 12.4 Å². The first-order valence-corrected chi connectivity index (χ1v) is 9.89. The molecule has 2 amide bonds. The molecule has 162 valence electrons. The fourth-order valence-corrected chi connectivity index (χ4v) is 4.64. The summed E-state index contributed by atoms with van der Waals surface area (Å²) in [6.45, 7) is 0. The van der Waals surface area contributed by atoms with Crippen molar-refractivity contribution >= 4 is 29.9 Å². The first kappa shape index (κ1) is 23.3. The van der Waals surface area contributed by atoms with Crippen LogP contribution in [0.1, 0.15) is 42.5 Å². The summed E-state index contributed by atoms with van der Waals surface area (Å²) in [6.07, 6.45) is 5.03. The molecule has 2 aliphatic carbocycles. The number of nitrogens with two attached hydrogens (primary N) is 1. The molecule has 2 atom stereocenters. The number of amides is 2. The molecule has 3 N–H and O–H groups in total. The highest BCUT2D eigenvalue weighted by molar-refractivity contribution is 6.04. The lowest BCUT2D eigenvalue weighted by Crippen LogP contribution is -2.48. The van der Waals surface area contributed by atoms with Gasteiger partial charge in [0.15, 0.2) is 11.5 Å². The second-order valence-corrected chi connectivity index (χ2v) is 8.14. The van der Waals surface area contributed by atoms with Gasteiger partial charge in [0.25, 0.3) is 5.91 Å². The second-order valence-electron chi connectivity index (χ2n) is 8.14. The van der Waals surface area contributed by atoms with Crippen LogP contribution in [0.4, 0.5) is 5.69 Å². The lowest BCUT2D eigenvalue weighted by molar-refractivity contribution is -0.122. The average molecular weight is 426 g/mol. The predicted octanol–water partition coefficient (Wildman–Crippen LogP) is 2.92. The highest BCUT2D eigenvalue weighted by Gasteiger charge is 2.40. The predicted molar refractivity (Wildman–Crippen MR) is 115 cm³/mol. The number of hydrogen-bond acceptors (Lipinski definition) is 5. The number of hydrogen-bond donors (Lipinski definition) is 2. The standard InChI is InChI=1S/C21H31N3O4.ClH/c1-24(2)21(26)15-10-17(27-3)18(28-4)11-16(15)23-20(25)14-8-12-6-5-7-13(9-14)19(12)22;/h10-14,19H,5-9,22H2,1-4H3,(H,23,25);1H. The number of carbonyl (C=O) groups is 2. The Labute approximate surface area is 178 Å². The summed E-state index contributed by atoms with van der Waals surface area (Å²) < 4.78 is 10.7. The number of rotatable bonds is 5. The smallest absolute Gasteiger partial charge is 0.255 e. The lowest BCUT2D eigenvalue weighted by Gasteiger charge is -2.43. The molecule has 7 nitrogen and oxygen atoms in total. The Morgan fingerprint density at radius 1 is 1.07 bits per heavy atom. The van der Waals surface area contributed by atoms with Gasteiger partial charge in [-0.2, -0.15) is 0 Å². The summed E-state index contributed by atoms with van der Waals surface area (Å²) >= 11 is 0. The zero-order valence-electron chi connectivity index (χ0n) is 17.6. The molecule has 3 rings (SSSR count). The molecule has 1 aromatic carbocycles. The van der Waals surface area contributed by atoms with Crippen molar-refractivity contribution in [3.05, 3.63) is 17.7 Å². The van der Waals surface area contributed by atoms with Crippen LogP contribution in [0, 0.1) is 17.8 Å². The first-order chi connectivity index (χ1) is 13.3. The average Bonchev–Trinajstić information content (AvgIpc) is 2.66. The fraction of sp³-hybridized carbons (Fsp3) is 0.619. The fourth-order valence-electron chi connectivity index (χ4n) is 4.64. The monoisotopic (exact) mass is 425 g/mol. The molecular formula is C21H32ClN3O4. The van der Waals surface area contributed by atoms with Crippen molar-refractivity contribution in [3.63, 3.8) is 0 Å². The summed E-state index contributed by atoms with van der Waals surface area (Å²) in [5.41, 5.74) is 7.18. The molecule has 0 spiro atoms. The maximum absolute atomic E-state index is 13.1. The van der Waals surface area contributed by atoms with Crippen LogP contribution in [0.5, 0.6) is 11.5 Å². The largest absolute Gasteiger partial charge is 0.493 e. The third kappa shape index (κ3) is 4.78. The topological polar surface area (TPSA) is 93.9 Å². The van der Waals surface area contributed by atoms with Crippen molar-refractivity contribution in [2.45, 2.75) is 38.1 Å². The van der Waals surface area contributed by atoms with Crippen LogP contribution in [0.25, 0.3) is 0 Å². The Kier molecular flexibility index (Phi) is 7.77. The number of nitrogens with zero attached hydrogens (tertiary/aromatic N) is 1. The van der Waals surface area contributed by atoms with Gasteiger partial charge in [0.2, 0.25) is 5.91 Å². The number of anilines is 1. The van der Waals surface area contributed by atoms with Gasteiger partial charge in [-0.1, -0.05) is 6.42 Å². The number of halogens is 1. The van der Waals surface area contributed by atoms with E-state index in [9.17, 15) is 9.59 Å². The van der Waals surface area contributed by atoms with Gasteiger partial charge in [-0.25, -0.2) is 0 Å². The van der Waals surface area contributed by atoms with E-state index in [0.717, 1.165) is 25.7 Å². The van der Waals surface area contributed by atoms with Crippen LogP contribution in [-0.4, -0.2) is 51.1 Å². The van der Waals surface area contributed by atoms with Gasteiger partial charge in [0.1, 0.15) is 0 Å². The molecule has 2 aliphatic rings. The molecule has 0 heterocycles. The Hall–Kier alpha value is -1.99. The van der Waals surface area contributed by atoms with Crippen molar-refractivity contribution < 1.29 is 19.1 Å². The molecule has 2 saturated carbocycles. The van der Waals surface area contributed by atoms with Gasteiger partial charge in [0.05, 0.1) is 25.5 Å². The van der Waals surface area contributed by atoms with E-state index in [1.54, 1.807) is 26.2 Å². The van der Waals surface area contributed by atoms with Gasteiger partial charge in [-0.15, -0.1) is 12.4 Å². The summed E-state index contributed by atoms with van der Waals surface area (Å²) in [7, 11) is 6.40. The molecular weight excluding hydrogens is 394 g/mol. The highest BCUT2D eigenvalue weighted by atomic mass is 35.5. The van der Waals surface area contributed by atoms with E-state index in [-0.39, 0.29) is 36.2 Å². The highest BCUT2D eigenvalue weighted by Crippen LogP contribution is 2.42. The second kappa shape index (κ2) is 9.67. The summed E-state index contributed by atoms with van der Waals surface area (Å²) in [4.78, 5) is 27.2. The number of methoxy groups -OCH3 is 2. The minimum Gasteiger partial charge on any atom is -0.493 e. The minimum atomic E-state index is -0.209. The van der Waals surface area contributed by atoms with Crippen LogP contribution in [0.2, 0.25) is 0 Å². The quantitative estimate of drug-likeness (QED) is 0.756. The number of carbonyl (C=O) groups excluding carboxylic acids is 2. The summed E-state index contributed by atoms with van der Waals surface area (Å²) in [5.74, 6) is 1.40. The Balaban J connectivity index is 0.00000300. The first-order valence-electron chi connectivity index (χ1n) is 9.89. The van der Waals surface area contributed by atoms with E-state index in [1.807, 2.05) is 0 Å². The van der Waals surface area contributed by atoms with Gasteiger partial charge in [0, 0.05) is 32.1 Å². The van der Waals surface area contributed by atoms with Crippen molar-refractivity contribution in [1.82, 2.24) is 4.90 Å². The molecule has 2 bridgehead atoms. The third-order valence-corrected chi connectivity index (χ3v) is 6.20. The minimum absolute atomic E-state index is 0. The van der Waals surface area contributed by atoms with E-state index in [0.29, 0.717) is 34.6 Å². The van der Waals surface area contributed by atoms with Crippen LogP contribution < -0.4 is 20.5 Å². The number of fused-ring (bicyclic) bond motifs is 2. The Morgan fingerprint density at radius 3 is 2.14 bits per heavy atom. The molecule has 0 saturated heterocycles. The molecule has 2 fully saturated rings. The molecule has 1 aromatic rings. The van der Waals surface area contributed by atoms with Crippen LogP contribution in [0.15, 0.2) is 12.1 Å². The third-order valence-electron chi connectivity index (χ3n) is 6.20. The van der Waals surface area contributed by atoms with Gasteiger partial charge in [-0.05, 0) is 43.6 Å². The van der Waals surface area contributed by atoms with Gasteiger partial charge >= 0.3 is 0 Å². The van der Waals surface area contributed by atoms with E-state index in [2.05, 4.69) is 5.32 Å². The maximum atomic E-state index is 13.1. The van der Waals surface area contributed by atoms with Gasteiger partial charge < -0.3 is 25.4 Å². The van der Waals surface area contributed by atoms with Crippen molar-refractivity contribution in [3.8, 4) is 11.5 Å². The van der Waals surface area contributed by atoms with Gasteiger partial charge in [-0.3, -0.25) is 9.59 Å². The zero-order chi connectivity index (χ0) is 20.4. The normalized spacial score (nSPS) is 25.4. The van der Waals surface area contributed by atoms with Crippen LogP contribution in [0.3, 0.4) is 0 Å². The molecule has 2 unspecified atom stereocenters. The lowest BCUT2D eigenvalue weighted by atomic mass is 9.65. The molecule has 0 radical (unpaired) electrons. The van der Waals surface area contributed by atoms with Crippen LogP contribution in [-0.2, 0) is 4.79 Å². The van der Waals surface area contributed by atoms with Crippen molar-refractivity contribution in [2.75, 3.05) is 33.6 Å². The number of benzene rings is 1. The van der Waals surface area contributed by atoms with E-state index >= 15 is 0 Å². The van der Waals surface area contributed by atoms with E-state index < -0.39 is 0 Å². The number of ether oxygens (including phenoxy) is 2. The Bertz CT molecular complexity index is 742.